The molecule has 1 aromatic rings. The van der Waals surface area contributed by atoms with E-state index in [0.717, 1.165) is 30.7 Å². The molecule has 0 N–H and O–H groups in total. The van der Waals surface area contributed by atoms with Gasteiger partial charge in [-0.2, -0.15) is 0 Å². The first-order chi connectivity index (χ1) is 9.61. The van der Waals surface area contributed by atoms with Crippen molar-refractivity contribution in [1.82, 2.24) is 4.90 Å². The molecule has 3 nitrogen and oxygen atoms in total. The van der Waals surface area contributed by atoms with Gasteiger partial charge in [-0.3, -0.25) is 4.79 Å². The Balaban J connectivity index is 2.14. The zero-order valence-electron chi connectivity index (χ0n) is 12.6. The van der Waals surface area contributed by atoms with Crippen LogP contribution in [0.5, 0.6) is 5.75 Å². The Kier molecular flexibility index (Phi) is 4.83. The Labute approximate surface area is 121 Å². The Bertz CT molecular complexity index is 486. The van der Waals surface area contributed by atoms with Crippen molar-refractivity contribution in [2.24, 2.45) is 0 Å². The van der Waals surface area contributed by atoms with Crippen LogP contribution >= 0.6 is 0 Å². The highest BCUT2D eigenvalue weighted by Gasteiger charge is 2.28. The SMILES string of the molecule is CCOc1ccc(C2CCCN2C(=O)C=C(C)C)cc1. The number of rotatable bonds is 4. The number of hydrogen-bond donors (Lipinski definition) is 0. The third kappa shape index (κ3) is 3.41. The average Bonchev–Trinajstić information content (AvgIpc) is 2.88. The molecule has 1 amide bonds. The van der Waals surface area contributed by atoms with Gasteiger partial charge in [0, 0.05) is 12.6 Å². The normalized spacial score (nSPS) is 17.9. The number of likely N-dealkylation sites (tertiary alicyclic amines) is 1. The largest absolute Gasteiger partial charge is 0.494 e. The van der Waals surface area contributed by atoms with E-state index in [1.165, 1.54) is 5.56 Å². The Morgan fingerprint density at radius 1 is 1.35 bits per heavy atom. The second-order valence-electron chi connectivity index (χ2n) is 5.41. The number of allylic oxidation sites excluding steroid dienone is 1. The van der Waals surface area contributed by atoms with Crippen LogP contribution in [0.2, 0.25) is 0 Å². The fourth-order valence-corrected chi connectivity index (χ4v) is 2.66. The van der Waals surface area contributed by atoms with Crippen molar-refractivity contribution in [3.63, 3.8) is 0 Å². The molecule has 1 saturated heterocycles. The third-order valence-electron chi connectivity index (χ3n) is 3.52. The highest BCUT2D eigenvalue weighted by atomic mass is 16.5. The lowest BCUT2D eigenvalue weighted by Gasteiger charge is -2.24. The van der Waals surface area contributed by atoms with E-state index in [9.17, 15) is 4.79 Å². The highest BCUT2D eigenvalue weighted by Crippen LogP contribution is 2.33. The van der Waals surface area contributed by atoms with E-state index in [1.807, 2.05) is 37.8 Å². The van der Waals surface area contributed by atoms with Gasteiger partial charge >= 0.3 is 0 Å². The molecule has 0 bridgehead atoms. The van der Waals surface area contributed by atoms with Gasteiger partial charge in [0.1, 0.15) is 5.75 Å². The van der Waals surface area contributed by atoms with E-state index in [-0.39, 0.29) is 11.9 Å². The maximum atomic E-state index is 12.2. The van der Waals surface area contributed by atoms with Crippen LogP contribution in [0, 0.1) is 0 Å². The van der Waals surface area contributed by atoms with E-state index >= 15 is 0 Å². The molecule has 0 saturated carbocycles. The van der Waals surface area contributed by atoms with Crippen molar-refractivity contribution in [1.29, 1.82) is 0 Å². The molecule has 1 heterocycles. The molecule has 1 aliphatic rings. The lowest BCUT2D eigenvalue weighted by molar-refractivity contribution is -0.126. The zero-order chi connectivity index (χ0) is 14.5. The van der Waals surface area contributed by atoms with Crippen molar-refractivity contribution in [2.45, 2.75) is 39.7 Å². The van der Waals surface area contributed by atoms with Gasteiger partial charge in [-0.05, 0) is 51.3 Å². The second kappa shape index (κ2) is 6.60. The Morgan fingerprint density at radius 3 is 2.65 bits per heavy atom. The average molecular weight is 273 g/mol. The number of ether oxygens (including phenoxy) is 1. The highest BCUT2D eigenvalue weighted by molar-refractivity contribution is 5.88. The van der Waals surface area contributed by atoms with Crippen molar-refractivity contribution < 1.29 is 9.53 Å². The van der Waals surface area contributed by atoms with Gasteiger partial charge in [0.25, 0.3) is 0 Å². The predicted molar refractivity (Wildman–Crippen MR) is 80.7 cm³/mol. The smallest absolute Gasteiger partial charge is 0.246 e. The first-order valence-corrected chi connectivity index (χ1v) is 7.30. The lowest BCUT2D eigenvalue weighted by Crippen LogP contribution is -2.29. The molecule has 1 unspecified atom stereocenters. The molecule has 108 valence electrons. The standard InChI is InChI=1S/C17H23NO2/c1-4-20-15-9-7-14(8-10-15)16-6-5-11-18(16)17(19)12-13(2)3/h7-10,12,16H,4-6,11H2,1-3H3. The van der Waals surface area contributed by atoms with Crippen LogP contribution in [0.1, 0.15) is 45.2 Å². The molecule has 1 aliphatic heterocycles. The van der Waals surface area contributed by atoms with Gasteiger partial charge < -0.3 is 9.64 Å². The molecule has 0 radical (unpaired) electrons. The van der Waals surface area contributed by atoms with Gasteiger partial charge in [0.05, 0.1) is 12.6 Å². The minimum atomic E-state index is 0.126. The fourth-order valence-electron chi connectivity index (χ4n) is 2.66. The van der Waals surface area contributed by atoms with Gasteiger partial charge in [-0.15, -0.1) is 0 Å². The quantitative estimate of drug-likeness (QED) is 0.783. The van der Waals surface area contributed by atoms with Crippen LogP contribution < -0.4 is 4.74 Å². The van der Waals surface area contributed by atoms with Crippen LogP contribution in [-0.4, -0.2) is 24.0 Å². The van der Waals surface area contributed by atoms with Crippen LogP contribution in [0.25, 0.3) is 0 Å². The summed E-state index contributed by atoms with van der Waals surface area (Å²) in [6.45, 7) is 7.42. The number of nitrogens with zero attached hydrogens (tertiary/aromatic N) is 1. The molecule has 3 heteroatoms. The van der Waals surface area contributed by atoms with Crippen molar-refractivity contribution in [3.05, 3.63) is 41.5 Å². The third-order valence-corrected chi connectivity index (χ3v) is 3.52. The number of carbonyl (C=O) groups excluding carboxylic acids is 1. The first-order valence-electron chi connectivity index (χ1n) is 7.30. The van der Waals surface area contributed by atoms with Crippen molar-refractivity contribution in [3.8, 4) is 5.75 Å². The second-order valence-corrected chi connectivity index (χ2v) is 5.41. The molecule has 1 atom stereocenters. The van der Waals surface area contributed by atoms with E-state index < -0.39 is 0 Å². The van der Waals surface area contributed by atoms with Crippen molar-refractivity contribution in [2.75, 3.05) is 13.2 Å². The molecule has 1 fully saturated rings. The minimum absolute atomic E-state index is 0.126. The summed E-state index contributed by atoms with van der Waals surface area (Å²) in [5, 5.41) is 0. The van der Waals surface area contributed by atoms with Crippen LogP contribution in [0.3, 0.4) is 0 Å². The minimum Gasteiger partial charge on any atom is -0.494 e. The number of carbonyl (C=O) groups is 1. The lowest BCUT2D eigenvalue weighted by atomic mass is 10.0. The summed E-state index contributed by atoms with van der Waals surface area (Å²) in [4.78, 5) is 14.2. The molecular weight excluding hydrogens is 250 g/mol. The summed E-state index contributed by atoms with van der Waals surface area (Å²) in [6, 6.07) is 8.32. The van der Waals surface area contributed by atoms with Gasteiger partial charge in [-0.1, -0.05) is 17.7 Å². The zero-order valence-corrected chi connectivity index (χ0v) is 12.6. The van der Waals surface area contributed by atoms with E-state index in [0.29, 0.717) is 6.61 Å². The first kappa shape index (κ1) is 14.6. The number of hydrogen-bond acceptors (Lipinski definition) is 2. The molecule has 20 heavy (non-hydrogen) atoms. The maximum Gasteiger partial charge on any atom is 0.246 e. The summed E-state index contributed by atoms with van der Waals surface area (Å²) in [5.74, 6) is 1.01. The summed E-state index contributed by atoms with van der Waals surface area (Å²) in [6.07, 6.45) is 3.84. The Hall–Kier alpha value is -1.77. The fraction of sp³-hybridized carbons (Fsp3) is 0.471. The summed E-state index contributed by atoms with van der Waals surface area (Å²) in [7, 11) is 0. The monoisotopic (exact) mass is 273 g/mol. The van der Waals surface area contributed by atoms with Gasteiger partial charge in [0.2, 0.25) is 5.91 Å². The molecular formula is C17H23NO2. The molecule has 1 aromatic carbocycles. The molecule has 0 aromatic heterocycles. The molecule has 2 rings (SSSR count). The summed E-state index contributed by atoms with van der Waals surface area (Å²) >= 11 is 0. The van der Waals surface area contributed by atoms with E-state index in [4.69, 9.17) is 4.74 Å². The van der Waals surface area contributed by atoms with E-state index in [2.05, 4.69) is 12.1 Å². The number of benzene rings is 1. The van der Waals surface area contributed by atoms with Crippen LogP contribution in [-0.2, 0) is 4.79 Å². The Morgan fingerprint density at radius 2 is 2.05 bits per heavy atom. The van der Waals surface area contributed by atoms with Crippen LogP contribution in [0.15, 0.2) is 35.9 Å². The summed E-state index contributed by atoms with van der Waals surface area (Å²) in [5.41, 5.74) is 2.24. The maximum absolute atomic E-state index is 12.2. The molecule has 0 aliphatic carbocycles. The van der Waals surface area contributed by atoms with E-state index in [1.54, 1.807) is 6.08 Å². The number of amides is 1. The van der Waals surface area contributed by atoms with Gasteiger partial charge in [0.15, 0.2) is 0 Å². The topological polar surface area (TPSA) is 29.5 Å². The summed E-state index contributed by atoms with van der Waals surface area (Å²) < 4.78 is 5.46. The van der Waals surface area contributed by atoms with Crippen LogP contribution in [0.4, 0.5) is 0 Å². The predicted octanol–water partition coefficient (Wildman–Crippen LogP) is 3.72. The molecule has 0 spiro atoms. The van der Waals surface area contributed by atoms with Gasteiger partial charge in [-0.25, -0.2) is 0 Å². The van der Waals surface area contributed by atoms with Crippen molar-refractivity contribution >= 4 is 5.91 Å².